The number of hydrogen-bond acceptors (Lipinski definition) is 2. The van der Waals surface area contributed by atoms with Gasteiger partial charge in [-0.05, 0) is 12.1 Å². The molecular formula is C8H8NOS+. The zero-order chi connectivity index (χ0) is 8.10. The van der Waals surface area contributed by atoms with E-state index < -0.39 is 11.2 Å². The summed E-state index contributed by atoms with van der Waals surface area (Å²) < 4.78 is 9.33. The normalized spacial score (nSPS) is 12.0. The molecule has 1 N–H and O–H groups in total. The van der Waals surface area contributed by atoms with E-state index in [1.54, 1.807) is 0 Å². The molecule has 1 aromatic rings. The predicted octanol–water partition coefficient (Wildman–Crippen LogP) is 1.66. The van der Waals surface area contributed by atoms with Crippen LogP contribution >= 0.6 is 0 Å². The van der Waals surface area contributed by atoms with Crippen LogP contribution in [0.15, 0.2) is 35.2 Å². The van der Waals surface area contributed by atoms with Crippen LogP contribution in [0.1, 0.15) is 0 Å². The number of rotatable bonds is 2. The number of nitrogens with zero attached hydrogens (tertiary/aromatic N) is 1. The van der Waals surface area contributed by atoms with Crippen molar-refractivity contribution in [2.75, 3.05) is 5.75 Å². The molecule has 0 radical (unpaired) electrons. The van der Waals surface area contributed by atoms with E-state index in [2.05, 4.69) is 0 Å². The molecule has 3 heteroatoms. The standard InChI is InChI=1S/C8H8NOS/c9-6-7-11(10)8-4-2-1-3-5-8/h1-5,10H,7H2/q+1. The zero-order valence-electron chi connectivity index (χ0n) is 5.90. The number of benzene rings is 1. The molecule has 1 aromatic carbocycles. The molecule has 0 aliphatic carbocycles. The van der Waals surface area contributed by atoms with Gasteiger partial charge in [0.15, 0.2) is 16.1 Å². The maximum absolute atomic E-state index is 9.33. The molecule has 0 fully saturated rings. The quantitative estimate of drug-likeness (QED) is 0.679. The van der Waals surface area contributed by atoms with Crippen molar-refractivity contribution in [1.82, 2.24) is 0 Å². The minimum atomic E-state index is -0.895. The van der Waals surface area contributed by atoms with Gasteiger partial charge in [-0.3, -0.25) is 0 Å². The van der Waals surface area contributed by atoms with Crippen molar-refractivity contribution in [1.29, 1.82) is 5.26 Å². The molecule has 1 rings (SSSR count). The lowest BCUT2D eigenvalue weighted by molar-refractivity contribution is 0.642. The van der Waals surface area contributed by atoms with Crippen molar-refractivity contribution in [3.63, 3.8) is 0 Å². The van der Waals surface area contributed by atoms with Crippen LogP contribution in [0.5, 0.6) is 0 Å². The summed E-state index contributed by atoms with van der Waals surface area (Å²) in [6, 6.07) is 11.2. The second-order valence-electron chi connectivity index (χ2n) is 1.98. The molecule has 56 valence electrons. The molecule has 0 heterocycles. The van der Waals surface area contributed by atoms with Gasteiger partial charge in [-0.15, -0.1) is 0 Å². The van der Waals surface area contributed by atoms with Gasteiger partial charge in [0.05, 0.1) is 0 Å². The Balaban J connectivity index is 2.70. The van der Waals surface area contributed by atoms with Crippen molar-refractivity contribution in [2.45, 2.75) is 4.90 Å². The van der Waals surface area contributed by atoms with E-state index in [0.717, 1.165) is 4.90 Å². The first-order chi connectivity index (χ1) is 5.34. The van der Waals surface area contributed by atoms with Crippen molar-refractivity contribution >= 4 is 11.2 Å². The molecule has 0 saturated heterocycles. The maximum atomic E-state index is 9.33. The van der Waals surface area contributed by atoms with E-state index in [0.29, 0.717) is 0 Å². The first-order valence-corrected chi connectivity index (χ1v) is 4.51. The molecule has 0 aromatic heterocycles. The Hall–Kier alpha value is -0.980. The third kappa shape index (κ3) is 2.26. The molecule has 0 amide bonds. The Bertz CT molecular complexity index is 255. The van der Waals surface area contributed by atoms with Crippen LogP contribution in [0.25, 0.3) is 0 Å². The summed E-state index contributed by atoms with van der Waals surface area (Å²) in [5, 5.41) is 8.29. The summed E-state index contributed by atoms with van der Waals surface area (Å²) in [5.74, 6) is 0.185. The molecule has 1 atom stereocenters. The summed E-state index contributed by atoms with van der Waals surface area (Å²) in [6.45, 7) is 0. The molecular weight excluding hydrogens is 158 g/mol. The van der Waals surface area contributed by atoms with Gasteiger partial charge in [0, 0.05) is 0 Å². The highest BCUT2D eigenvalue weighted by atomic mass is 32.2. The lowest BCUT2D eigenvalue weighted by atomic mass is 10.4. The Morgan fingerprint density at radius 2 is 2.00 bits per heavy atom. The van der Waals surface area contributed by atoms with Crippen molar-refractivity contribution in [2.24, 2.45) is 0 Å². The summed E-state index contributed by atoms with van der Waals surface area (Å²) in [6.07, 6.45) is 0. The minimum Gasteiger partial charge on any atom is -0.193 e. The fourth-order valence-electron chi connectivity index (χ4n) is 0.722. The van der Waals surface area contributed by atoms with E-state index in [1.165, 1.54) is 0 Å². The lowest BCUT2D eigenvalue weighted by Gasteiger charge is -1.91. The summed E-state index contributed by atoms with van der Waals surface area (Å²) >= 11 is -0.895. The molecule has 0 aliphatic heterocycles. The zero-order valence-corrected chi connectivity index (χ0v) is 6.71. The van der Waals surface area contributed by atoms with Gasteiger partial charge in [-0.2, -0.15) is 9.81 Å². The van der Waals surface area contributed by atoms with Crippen LogP contribution in [0, 0.1) is 11.3 Å². The molecule has 2 nitrogen and oxygen atoms in total. The van der Waals surface area contributed by atoms with E-state index in [1.807, 2.05) is 36.4 Å². The summed E-state index contributed by atoms with van der Waals surface area (Å²) in [5.41, 5.74) is 0. The summed E-state index contributed by atoms with van der Waals surface area (Å²) in [4.78, 5) is 0.828. The van der Waals surface area contributed by atoms with E-state index in [4.69, 9.17) is 5.26 Å². The highest BCUT2D eigenvalue weighted by molar-refractivity contribution is 7.91. The SMILES string of the molecule is N#CC[S+](O)c1ccccc1. The Kier molecular flexibility index (Phi) is 2.96. The fraction of sp³-hybridized carbons (Fsp3) is 0.125. The smallest absolute Gasteiger partial charge is 0.193 e. The third-order valence-electron chi connectivity index (χ3n) is 1.22. The van der Waals surface area contributed by atoms with Crippen LogP contribution in [0.4, 0.5) is 0 Å². The molecule has 11 heavy (non-hydrogen) atoms. The second kappa shape index (κ2) is 4.02. The van der Waals surface area contributed by atoms with Crippen LogP contribution in [-0.4, -0.2) is 10.3 Å². The Labute approximate surface area is 68.6 Å². The lowest BCUT2D eigenvalue weighted by Crippen LogP contribution is -2.03. The van der Waals surface area contributed by atoms with Gasteiger partial charge in [-0.25, -0.2) is 0 Å². The Morgan fingerprint density at radius 3 is 2.55 bits per heavy atom. The highest BCUT2D eigenvalue weighted by Crippen LogP contribution is 2.08. The van der Waals surface area contributed by atoms with Gasteiger partial charge < -0.3 is 0 Å². The molecule has 1 unspecified atom stereocenters. The maximum Gasteiger partial charge on any atom is 0.231 e. The van der Waals surface area contributed by atoms with Crippen molar-refractivity contribution in [3.8, 4) is 6.07 Å². The van der Waals surface area contributed by atoms with Gasteiger partial charge in [0.2, 0.25) is 5.75 Å². The molecule has 0 saturated carbocycles. The van der Waals surface area contributed by atoms with Crippen LogP contribution < -0.4 is 0 Å². The average molecular weight is 166 g/mol. The van der Waals surface area contributed by atoms with E-state index >= 15 is 0 Å². The Morgan fingerprint density at radius 1 is 1.36 bits per heavy atom. The molecule has 0 aliphatic rings. The highest BCUT2D eigenvalue weighted by Gasteiger charge is 2.17. The van der Waals surface area contributed by atoms with E-state index in [-0.39, 0.29) is 5.75 Å². The summed E-state index contributed by atoms with van der Waals surface area (Å²) in [7, 11) is 0. The predicted molar refractivity (Wildman–Crippen MR) is 45.2 cm³/mol. The van der Waals surface area contributed by atoms with Gasteiger partial charge in [0.25, 0.3) is 0 Å². The van der Waals surface area contributed by atoms with Gasteiger partial charge >= 0.3 is 0 Å². The van der Waals surface area contributed by atoms with Crippen LogP contribution in [0.2, 0.25) is 0 Å². The van der Waals surface area contributed by atoms with Crippen LogP contribution in [0.3, 0.4) is 0 Å². The first kappa shape index (κ1) is 8.12. The largest absolute Gasteiger partial charge is 0.231 e. The second-order valence-corrected chi connectivity index (χ2v) is 3.47. The first-order valence-electron chi connectivity index (χ1n) is 3.16. The van der Waals surface area contributed by atoms with Gasteiger partial charge in [0.1, 0.15) is 6.07 Å². The monoisotopic (exact) mass is 166 g/mol. The average Bonchev–Trinajstić information content (AvgIpc) is 2.07. The van der Waals surface area contributed by atoms with Crippen molar-refractivity contribution < 1.29 is 4.55 Å². The topological polar surface area (TPSA) is 44.0 Å². The third-order valence-corrected chi connectivity index (χ3v) is 2.44. The number of hydrogen-bond donors (Lipinski definition) is 1. The van der Waals surface area contributed by atoms with Crippen LogP contribution in [-0.2, 0) is 11.2 Å². The molecule has 0 spiro atoms. The number of nitriles is 1. The van der Waals surface area contributed by atoms with E-state index in [9.17, 15) is 4.55 Å². The fourth-order valence-corrected chi connectivity index (χ4v) is 1.48. The molecule has 0 bridgehead atoms. The minimum absolute atomic E-state index is 0.185. The van der Waals surface area contributed by atoms with Crippen molar-refractivity contribution in [3.05, 3.63) is 30.3 Å². The van der Waals surface area contributed by atoms with Gasteiger partial charge in [-0.1, -0.05) is 18.2 Å².